The Morgan fingerprint density at radius 2 is 1.88 bits per heavy atom. The third kappa shape index (κ3) is 3.46. The summed E-state index contributed by atoms with van der Waals surface area (Å²) in [6.45, 7) is 3.13. The molecule has 0 spiro atoms. The van der Waals surface area contributed by atoms with Crippen LogP contribution in [0, 0.1) is 17.3 Å². The first-order valence-corrected chi connectivity index (χ1v) is 4.61. The van der Waals surface area contributed by atoms with Crippen molar-refractivity contribution < 1.29 is 74.5 Å². The van der Waals surface area contributed by atoms with E-state index in [9.17, 15) is 23.1 Å². The largest absolute Gasteiger partial charge is 1.00 e. The number of aliphatic carboxylic acids is 1. The van der Waals surface area contributed by atoms with Crippen LogP contribution in [0.15, 0.2) is 11.1 Å². The van der Waals surface area contributed by atoms with Gasteiger partial charge in [-0.15, -0.1) is 0 Å². The van der Waals surface area contributed by atoms with Gasteiger partial charge in [-0.3, -0.25) is 0 Å². The molecule has 2 atom stereocenters. The van der Waals surface area contributed by atoms with Gasteiger partial charge in [0.05, 0.1) is 0 Å². The molecule has 16 heavy (non-hydrogen) atoms. The van der Waals surface area contributed by atoms with Crippen LogP contribution >= 0.6 is 11.6 Å². The van der Waals surface area contributed by atoms with Gasteiger partial charge in [0.2, 0.25) is 0 Å². The van der Waals surface area contributed by atoms with E-state index in [1.807, 2.05) is 0 Å². The van der Waals surface area contributed by atoms with Gasteiger partial charge in [-0.1, -0.05) is 31.5 Å². The van der Waals surface area contributed by atoms with Crippen LogP contribution in [0.4, 0.5) is 13.2 Å². The first-order valence-electron chi connectivity index (χ1n) is 4.24. The van der Waals surface area contributed by atoms with Gasteiger partial charge < -0.3 is 9.90 Å². The van der Waals surface area contributed by atoms with Crippen molar-refractivity contribution >= 4 is 17.6 Å². The summed E-state index contributed by atoms with van der Waals surface area (Å²) in [5.41, 5.74) is -0.718. The molecule has 0 aliphatic heterocycles. The Kier molecular flexibility index (Phi) is 5.58. The Balaban J connectivity index is 0.00000225. The number of alkyl halides is 3. The maximum atomic E-state index is 12.1. The Morgan fingerprint density at radius 1 is 1.44 bits per heavy atom. The van der Waals surface area contributed by atoms with Gasteiger partial charge >= 0.3 is 57.6 Å². The van der Waals surface area contributed by atoms with Crippen LogP contribution in [0.25, 0.3) is 0 Å². The average molecular weight is 281 g/mol. The molecule has 7 heteroatoms. The predicted octanol–water partition coefficient (Wildman–Crippen LogP) is -1.30. The Labute approximate surface area is 139 Å². The molecule has 0 aromatic rings. The molecule has 0 aromatic heterocycles. The van der Waals surface area contributed by atoms with Crippen LogP contribution in [0.5, 0.6) is 0 Å². The fourth-order valence-corrected chi connectivity index (χ4v) is 1.83. The summed E-state index contributed by atoms with van der Waals surface area (Å²) in [6, 6.07) is 0. The molecule has 0 N–H and O–H groups in total. The topological polar surface area (TPSA) is 40.1 Å². The minimum absolute atomic E-state index is 0. The zero-order valence-corrected chi connectivity index (χ0v) is 12.9. The first-order chi connectivity index (χ1) is 6.58. The molecule has 1 aliphatic carbocycles. The van der Waals surface area contributed by atoms with Gasteiger partial charge in [0.15, 0.2) is 0 Å². The van der Waals surface area contributed by atoms with Gasteiger partial charge in [-0.05, 0) is 11.3 Å². The standard InChI is InChI=1S/C9H10ClF3O2.K/c1-8(2)4(6(8)7(14)15)3-5(10)9(11,12)13;/h3-4,6H,1-2H3,(H,14,15);/q;+1/p-1/b5-3-;/t4-,6-;/m0./s1. The second-order valence-electron chi connectivity index (χ2n) is 4.16. The molecule has 0 saturated heterocycles. The Hall–Kier alpha value is 0.926. The summed E-state index contributed by atoms with van der Waals surface area (Å²) in [5.74, 6) is -2.95. The molecule has 0 radical (unpaired) electrons. The molecule has 1 saturated carbocycles. The zero-order valence-electron chi connectivity index (χ0n) is 9.06. The molecule has 1 rings (SSSR count). The quantitative estimate of drug-likeness (QED) is 0.590. The Morgan fingerprint density at radius 3 is 2.12 bits per heavy atom. The summed E-state index contributed by atoms with van der Waals surface area (Å²) in [6.07, 6.45) is -3.86. The summed E-state index contributed by atoms with van der Waals surface area (Å²) in [7, 11) is 0. The number of carbonyl (C=O) groups excluding carboxylic acids is 1. The maximum Gasteiger partial charge on any atom is 1.00 e. The van der Waals surface area contributed by atoms with Gasteiger partial charge in [-0.25, -0.2) is 0 Å². The average Bonchev–Trinajstić information content (AvgIpc) is 2.50. The maximum absolute atomic E-state index is 12.1. The first kappa shape index (κ1) is 16.9. The molecule has 1 fully saturated rings. The number of rotatable bonds is 2. The van der Waals surface area contributed by atoms with E-state index in [2.05, 4.69) is 0 Å². The van der Waals surface area contributed by atoms with E-state index in [0.717, 1.165) is 6.08 Å². The van der Waals surface area contributed by atoms with E-state index in [0.29, 0.717) is 0 Å². The minimum Gasteiger partial charge on any atom is -0.550 e. The van der Waals surface area contributed by atoms with Crippen LogP contribution < -0.4 is 56.5 Å². The number of hydrogen-bond acceptors (Lipinski definition) is 2. The fourth-order valence-electron chi connectivity index (χ4n) is 1.69. The summed E-state index contributed by atoms with van der Waals surface area (Å²) in [4.78, 5) is 10.6. The van der Waals surface area contributed by atoms with E-state index in [-0.39, 0.29) is 51.4 Å². The number of hydrogen-bond donors (Lipinski definition) is 0. The van der Waals surface area contributed by atoms with Crippen molar-refractivity contribution in [2.45, 2.75) is 20.0 Å². The molecule has 0 heterocycles. The zero-order chi connectivity index (χ0) is 12.0. The van der Waals surface area contributed by atoms with Crippen molar-refractivity contribution in [3.05, 3.63) is 11.1 Å². The van der Waals surface area contributed by atoms with Crippen molar-refractivity contribution in [3.63, 3.8) is 0 Å². The summed E-state index contributed by atoms with van der Waals surface area (Å²) >= 11 is 5.01. The molecule has 0 amide bonds. The normalized spacial score (nSPS) is 28.2. The number of halogens is 4. The van der Waals surface area contributed by atoms with Gasteiger partial charge in [-0.2, -0.15) is 13.2 Å². The monoisotopic (exact) mass is 280 g/mol. The van der Waals surface area contributed by atoms with Crippen LogP contribution in [0.1, 0.15) is 13.8 Å². The Bertz CT molecular complexity index is 325. The number of carbonyl (C=O) groups is 1. The van der Waals surface area contributed by atoms with E-state index >= 15 is 0 Å². The molecule has 0 aromatic carbocycles. The van der Waals surface area contributed by atoms with Crippen molar-refractivity contribution in [1.29, 1.82) is 0 Å². The molecule has 0 bridgehead atoms. The van der Waals surface area contributed by atoms with Gasteiger partial charge in [0.25, 0.3) is 0 Å². The van der Waals surface area contributed by atoms with Gasteiger partial charge in [0, 0.05) is 11.9 Å². The summed E-state index contributed by atoms with van der Waals surface area (Å²) in [5, 5.41) is 9.28. The molecule has 2 nitrogen and oxygen atoms in total. The second kappa shape index (κ2) is 5.28. The van der Waals surface area contributed by atoms with Crippen LogP contribution in [-0.4, -0.2) is 12.1 Å². The SMILES string of the molecule is CC1(C)[C@H](C(=O)[O-])[C@@H]1/C=C(\Cl)C(F)(F)F.[K+]. The van der Waals surface area contributed by atoms with Crippen molar-refractivity contribution in [2.24, 2.45) is 17.3 Å². The predicted molar refractivity (Wildman–Crippen MR) is 45.8 cm³/mol. The third-order valence-corrected chi connectivity index (χ3v) is 3.10. The van der Waals surface area contributed by atoms with Crippen LogP contribution in [-0.2, 0) is 4.79 Å². The molecule has 0 unspecified atom stereocenters. The molecule has 86 valence electrons. The van der Waals surface area contributed by atoms with E-state index in [4.69, 9.17) is 11.6 Å². The molecular formula is C9H9ClF3KO2. The smallest absolute Gasteiger partial charge is 0.550 e. The van der Waals surface area contributed by atoms with Crippen LogP contribution in [0.2, 0.25) is 0 Å². The van der Waals surface area contributed by atoms with E-state index in [1.54, 1.807) is 13.8 Å². The second-order valence-corrected chi connectivity index (χ2v) is 4.56. The number of allylic oxidation sites excluding steroid dienone is 2. The van der Waals surface area contributed by atoms with Crippen molar-refractivity contribution in [2.75, 3.05) is 0 Å². The summed E-state index contributed by atoms with van der Waals surface area (Å²) < 4.78 is 36.2. The minimum atomic E-state index is -4.61. The molecular weight excluding hydrogens is 272 g/mol. The van der Waals surface area contributed by atoms with E-state index < -0.39 is 34.4 Å². The number of carboxylic acid groups (broad SMARTS) is 1. The van der Waals surface area contributed by atoms with Gasteiger partial charge in [0.1, 0.15) is 5.03 Å². The van der Waals surface area contributed by atoms with Crippen molar-refractivity contribution in [1.82, 2.24) is 0 Å². The third-order valence-electron chi connectivity index (χ3n) is 2.76. The molecule has 1 aliphatic rings. The van der Waals surface area contributed by atoms with Crippen molar-refractivity contribution in [3.8, 4) is 0 Å². The van der Waals surface area contributed by atoms with Crippen LogP contribution in [0.3, 0.4) is 0 Å². The number of carboxylic acids is 1. The van der Waals surface area contributed by atoms with E-state index in [1.165, 1.54) is 0 Å². The fraction of sp³-hybridized carbons (Fsp3) is 0.667.